The topological polar surface area (TPSA) is 117 Å². The summed E-state index contributed by atoms with van der Waals surface area (Å²) in [6, 6.07) is 14.6. The van der Waals surface area contributed by atoms with E-state index in [1.165, 1.54) is 12.1 Å². The van der Waals surface area contributed by atoms with E-state index in [9.17, 15) is 9.59 Å². The summed E-state index contributed by atoms with van der Waals surface area (Å²) in [5.41, 5.74) is 1.54. The van der Waals surface area contributed by atoms with Gasteiger partial charge in [-0.2, -0.15) is 0 Å². The van der Waals surface area contributed by atoms with E-state index in [4.69, 9.17) is 23.7 Å². The van der Waals surface area contributed by atoms with Crippen molar-refractivity contribution in [3.05, 3.63) is 76.6 Å². The van der Waals surface area contributed by atoms with Crippen LogP contribution in [0.3, 0.4) is 0 Å². The standard InChI is InChI=1S/C33H33BrFN3O7/c1-41-27-5-3-4-24(34)22(27)8-12-37-32(39)33(40)38-21-6-7-29(25(35)16-21)45-28-9-13-36-26-18-31(30(42-2)17-23(26)28)44-19-20-10-14-43-15-11-20/h3-7,9,13,16-18,20H,8,10-12,14-15,19H2,1-2H3,(H,37,39)(H,38,40). The molecule has 2 N–H and O–H groups in total. The van der Waals surface area contributed by atoms with Crippen molar-refractivity contribution in [1.29, 1.82) is 0 Å². The number of ether oxygens (including phenoxy) is 5. The number of pyridine rings is 1. The van der Waals surface area contributed by atoms with Crippen molar-refractivity contribution in [3.8, 4) is 28.7 Å². The molecule has 236 valence electrons. The molecular formula is C33H33BrFN3O7. The molecule has 4 aromatic rings. The summed E-state index contributed by atoms with van der Waals surface area (Å²) < 4.78 is 44.3. The number of fused-ring (bicyclic) bond motifs is 1. The lowest BCUT2D eigenvalue weighted by molar-refractivity contribution is -0.136. The number of nitrogens with zero attached hydrogens (tertiary/aromatic N) is 1. The van der Waals surface area contributed by atoms with Crippen molar-refractivity contribution in [3.63, 3.8) is 0 Å². The molecule has 2 amide bonds. The van der Waals surface area contributed by atoms with E-state index in [0.29, 0.717) is 52.8 Å². The Bertz CT molecular complexity index is 1680. The van der Waals surface area contributed by atoms with Gasteiger partial charge in [-0.1, -0.05) is 22.0 Å². The lowest BCUT2D eigenvalue weighted by Gasteiger charge is -2.22. The molecule has 0 bridgehead atoms. The number of nitrogens with one attached hydrogen (secondary N) is 2. The van der Waals surface area contributed by atoms with Crippen LogP contribution in [-0.4, -0.2) is 57.4 Å². The molecule has 2 heterocycles. The smallest absolute Gasteiger partial charge is 0.313 e. The number of rotatable bonds is 11. The molecule has 5 rings (SSSR count). The molecule has 0 atom stereocenters. The molecular weight excluding hydrogens is 649 g/mol. The SMILES string of the molecule is COc1cc2c(Oc3ccc(NC(=O)C(=O)NCCc4c(Br)cccc4OC)cc3F)ccnc2cc1OCC1CCOCC1. The van der Waals surface area contributed by atoms with Crippen molar-refractivity contribution < 1.29 is 37.7 Å². The van der Waals surface area contributed by atoms with Gasteiger partial charge in [-0.3, -0.25) is 14.6 Å². The highest BCUT2D eigenvalue weighted by Gasteiger charge is 2.19. The molecule has 0 unspecified atom stereocenters. The van der Waals surface area contributed by atoms with Crippen LogP contribution in [-0.2, 0) is 20.7 Å². The Kier molecular flexibility index (Phi) is 10.7. The number of halogens is 2. The molecule has 1 aliphatic heterocycles. The first-order valence-electron chi connectivity index (χ1n) is 14.4. The van der Waals surface area contributed by atoms with Crippen molar-refractivity contribution in [2.75, 3.05) is 45.9 Å². The van der Waals surface area contributed by atoms with Crippen molar-refractivity contribution in [2.45, 2.75) is 19.3 Å². The van der Waals surface area contributed by atoms with Crippen LogP contribution in [0.15, 0.2) is 65.3 Å². The van der Waals surface area contributed by atoms with E-state index in [1.807, 2.05) is 18.2 Å². The molecule has 45 heavy (non-hydrogen) atoms. The predicted octanol–water partition coefficient (Wildman–Crippen LogP) is 6.05. The van der Waals surface area contributed by atoms with Crippen LogP contribution in [0.5, 0.6) is 28.7 Å². The number of carbonyl (C=O) groups excluding carboxylic acids is 2. The van der Waals surface area contributed by atoms with Gasteiger partial charge in [0.15, 0.2) is 23.1 Å². The quantitative estimate of drug-likeness (QED) is 0.184. The third-order valence-electron chi connectivity index (χ3n) is 7.37. The number of aromatic nitrogens is 1. The Balaban J connectivity index is 1.21. The molecule has 0 spiro atoms. The fraction of sp³-hybridized carbons (Fsp3) is 0.303. The van der Waals surface area contributed by atoms with Crippen LogP contribution in [0, 0.1) is 11.7 Å². The first kappa shape index (κ1) is 32.0. The summed E-state index contributed by atoms with van der Waals surface area (Å²) in [5, 5.41) is 5.58. The van der Waals surface area contributed by atoms with E-state index in [2.05, 4.69) is 31.5 Å². The number of methoxy groups -OCH3 is 2. The largest absolute Gasteiger partial charge is 0.496 e. The predicted molar refractivity (Wildman–Crippen MR) is 170 cm³/mol. The Morgan fingerprint density at radius 1 is 0.956 bits per heavy atom. The molecule has 3 aromatic carbocycles. The van der Waals surface area contributed by atoms with Crippen LogP contribution in [0.1, 0.15) is 18.4 Å². The van der Waals surface area contributed by atoms with Crippen LogP contribution < -0.4 is 29.6 Å². The summed E-state index contributed by atoms with van der Waals surface area (Å²) in [6.45, 7) is 2.20. The first-order valence-corrected chi connectivity index (χ1v) is 15.2. The van der Waals surface area contributed by atoms with Gasteiger partial charge in [-0.25, -0.2) is 4.39 Å². The zero-order valence-corrected chi connectivity index (χ0v) is 26.4. The summed E-state index contributed by atoms with van der Waals surface area (Å²) in [4.78, 5) is 29.3. The van der Waals surface area contributed by atoms with Crippen LogP contribution in [0.2, 0.25) is 0 Å². The van der Waals surface area contributed by atoms with E-state index in [0.717, 1.165) is 42.2 Å². The normalized spacial score (nSPS) is 13.2. The average molecular weight is 683 g/mol. The molecule has 0 aliphatic carbocycles. The highest BCUT2D eigenvalue weighted by Crippen LogP contribution is 2.38. The molecule has 0 radical (unpaired) electrons. The third kappa shape index (κ3) is 8.00. The van der Waals surface area contributed by atoms with Gasteiger partial charge in [-0.15, -0.1) is 0 Å². The van der Waals surface area contributed by atoms with Crippen molar-refractivity contribution >= 4 is 44.3 Å². The van der Waals surface area contributed by atoms with Crippen molar-refractivity contribution in [1.82, 2.24) is 10.3 Å². The molecule has 1 aromatic heterocycles. The Morgan fingerprint density at radius 3 is 2.51 bits per heavy atom. The Labute approximate surface area is 268 Å². The number of hydrogen-bond donors (Lipinski definition) is 2. The second kappa shape index (κ2) is 15.0. The van der Waals surface area contributed by atoms with E-state index in [-0.39, 0.29) is 18.0 Å². The zero-order valence-electron chi connectivity index (χ0n) is 24.9. The molecule has 1 saturated heterocycles. The maximum atomic E-state index is 15.1. The lowest BCUT2D eigenvalue weighted by atomic mass is 10.0. The van der Waals surface area contributed by atoms with Gasteiger partial charge in [-0.05, 0) is 61.6 Å². The number of amides is 2. The van der Waals surface area contributed by atoms with Gasteiger partial charge < -0.3 is 34.3 Å². The highest BCUT2D eigenvalue weighted by molar-refractivity contribution is 9.10. The second-order valence-electron chi connectivity index (χ2n) is 10.3. The minimum atomic E-state index is -0.927. The maximum Gasteiger partial charge on any atom is 0.313 e. The van der Waals surface area contributed by atoms with Crippen LogP contribution in [0.25, 0.3) is 10.9 Å². The molecule has 12 heteroatoms. The third-order valence-corrected chi connectivity index (χ3v) is 8.12. The zero-order chi connectivity index (χ0) is 31.8. The van der Waals surface area contributed by atoms with E-state index >= 15 is 4.39 Å². The summed E-state index contributed by atoms with van der Waals surface area (Å²) in [5.74, 6) is -0.110. The van der Waals surface area contributed by atoms with Gasteiger partial charge in [0.25, 0.3) is 0 Å². The highest BCUT2D eigenvalue weighted by atomic mass is 79.9. The number of carbonyl (C=O) groups is 2. The monoisotopic (exact) mass is 681 g/mol. The lowest BCUT2D eigenvalue weighted by Crippen LogP contribution is -2.36. The summed E-state index contributed by atoms with van der Waals surface area (Å²) in [6.07, 6.45) is 3.88. The minimum Gasteiger partial charge on any atom is -0.496 e. The van der Waals surface area contributed by atoms with Gasteiger partial charge in [0, 0.05) is 59.2 Å². The minimum absolute atomic E-state index is 0.0776. The second-order valence-corrected chi connectivity index (χ2v) is 11.2. The first-order chi connectivity index (χ1) is 21.9. The number of benzene rings is 3. The molecule has 0 saturated carbocycles. The fourth-order valence-corrected chi connectivity index (χ4v) is 5.48. The van der Waals surface area contributed by atoms with E-state index < -0.39 is 17.6 Å². The maximum absolute atomic E-state index is 15.1. The number of hydrogen-bond acceptors (Lipinski definition) is 8. The van der Waals surface area contributed by atoms with Crippen LogP contribution >= 0.6 is 15.9 Å². The summed E-state index contributed by atoms with van der Waals surface area (Å²) in [7, 11) is 3.11. The van der Waals surface area contributed by atoms with Crippen LogP contribution in [0.4, 0.5) is 10.1 Å². The van der Waals surface area contributed by atoms with Gasteiger partial charge in [0.1, 0.15) is 11.5 Å². The molecule has 1 fully saturated rings. The Morgan fingerprint density at radius 2 is 1.76 bits per heavy atom. The molecule has 10 nitrogen and oxygen atoms in total. The fourth-order valence-electron chi connectivity index (χ4n) is 4.93. The van der Waals surface area contributed by atoms with Gasteiger partial charge in [0.2, 0.25) is 0 Å². The number of anilines is 1. The van der Waals surface area contributed by atoms with E-state index in [1.54, 1.807) is 38.6 Å². The van der Waals surface area contributed by atoms with Gasteiger partial charge in [0.05, 0.1) is 26.3 Å². The van der Waals surface area contributed by atoms with Gasteiger partial charge >= 0.3 is 11.8 Å². The molecule has 1 aliphatic rings. The summed E-state index contributed by atoms with van der Waals surface area (Å²) >= 11 is 3.47. The Hall–Kier alpha value is -4.42. The van der Waals surface area contributed by atoms with Crippen molar-refractivity contribution in [2.24, 2.45) is 5.92 Å². The average Bonchev–Trinajstić information content (AvgIpc) is 3.05.